The Morgan fingerprint density at radius 3 is 2.78 bits per heavy atom. The second-order valence-electron chi connectivity index (χ2n) is 6.36. The molecule has 1 N–H and O–H groups in total. The summed E-state index contributed by atoms with van der Waals surface area (Å²) in [6.45, 7) is 4.14. The van der Waals surface area contributed by atoms with Gasteiger partial charge < -0.3 is 15.1 Å². The molecule has 1 unspecified atom stereocenters. The van der Waals surface area contributed by atoms with E-state index in [9.17, 15) is 0 Å². The molecular formula is C18H21ClN4. The monoisotopic (exact) mass is 328 g/mol. The summed E-state index contributed by atoms with van der Waals surface area (Å²) in [6.07, 6.45) is 4.92. The molecule has 1 atom stereocenters. The minimum atomic E-state index is 0.198. The van der Waals surface area contributed by atoms with Crippen LogP contribution >= 0.6 is 11.6 Å². The van der Waals surface area contributed by atoms with Crippen molar-refractivity contribution in [2.75, 3.05) is 38.5 Å². The van der Waals surface area contributed by atoms with E-state index < -0.39 is 0 Å². The Labute approximate surface area is 142 Å². The van der Waals surface area contributed by atoms with E-state index in [1.807, 2.05) is 6.08 Å². The summed E-state index contributed by atoms with van der Waals surface area (Å²) >= 11 is 6.22. The minimum Gasteiger partial charge on any atom is -0.376 e. The fourth-order valence-corrected chi connectivity index (χ4v) is 3.53. The lowest BCUT2D eigenvalue weighted by atomic mass is 10.0. The largest absolute Gasteiger partial charge is 0.376 e. The third-order valence-corrected chi connectivity index (χ3v) is 4.99. The van der Waals surface area contributed by atoms with E-state index in [0.29, 0.717) is 0 Å². The van der Waals surface area contributed by atoms with Gasteiger partial charge in [0.15, 0.2) is 0 Å². The number of nitrogens with one attached hydrogen (secondary N) is 1. The molecule has 1 aliphatic carbocycles. The van der Waals surface area contributed by atoms with Crippen LogP contribution in [0.15, 0.2) is 52.1 Å². The standard InChI is InChI=1S/C18H21ClN4/c1-22-8-10-23(11-9-22)18-14-4-2-3-5-15(14)20-16-7-6-13(19)12-17(16)21-18/h2-6,12,16,20H,7-11H2,1H3. The highest BCUT2D eigenvalue weighted by Crippen LogP contribution is 2.31. The van der Waals surface area contributed by atoms with Crippen LogP contribution in [0.5, 0.6) is 0 Å². The number of rotatable bonds is 0. The van der Waals surface area contributed by atoms with Gasteiger partial charge in [0.2, 0.25) is 0 Å². The molecule has 5 heteroatoms. The van der Waals surface area contributed by atoms with Crippen LogP contribution < -0.4 is 5.32 Å². The molecule has 2 aliphatic heterocycles. The lowest BCUT2D eigenvalue weighted by Crippen LogP contribution is -2.47. The van der Waals surface area contributed by atoms with Crippen LogP contribution in [0, 0.1) is 0 Å². The predicted molar refractivity (Wildman–Crippen MR) is 96.1 cm³/mol. The van der Waals surface area contributed by atoms with Crippen LogP contribution in [0.1, 0.15) is 12.0 Å². The van der Waals surface area contributed by atoms with E-state index >= 15 is 0 Å². The van der Waals surface area contributed by atoms with Gasteiger partial charge in [0, 0.05) is 42.5 Å². The van der Waals surface area contributed by atoms with Crippen LogP contribution in [0.3, 0.4) is 0 Å². The highest BCUT2D eigenvalue weighted by atomic mass is 35.5. The molecule has 1 fully saturated rings. The van der Waals surface area contributed by atoms with Gasteiger partial charge in [0.25, 0.3) is 0 Å². The van der Waals surface area contributed by atoms with Crippen molar-refractivity contribution in [3.8, 4) is 0 Å². The number of hydrogen-bond acceptors (Lipinski definition) is 4. The summed E-state index contributed by atoms with van der Waals surface area (Å²) in [5.74, 6) is 1.07. The van der Waals surface area contributed by atoms with Crippen molar-refractivity contribution in [1.29, 1.82) is 0 Å². The zero-order valence-electron chi connectivity index (χ0n) is 13.3. The van der Waals surface area contributed by atoms with Gasteiger partial charge >= 0.3 is 0 Å². The smallest absolute Gasteiger partial charge is 0.138 e. The van der Waals surface area contributed by atoms with Gasteiger partial charge in [-0.2, -0.15) is 0 Å². The number of allylic oxidation sites excluding steroid dienone is 2. The summed E-state index contributed by atoms with van der Waals surface area (Å²) in [7, 11) is 2.17. The second-order valence-corrected chi connectivity index (χ2v) is 6.80. The van der Waals surface area contributed by atoms with Crippen molar-refractivity contribution in [2.24, 2.45) is 4.99 Å². The third kappa shape index (κ3) is 2.89. The number of aliphatic imine (C=N–C) groups is 1. The maximum atomic E-state index is 6.22. The molecule has 4 nitrogen and oxygen atoms in total. The van der Waals surface area contributed by atoms with Gasteiger partial charge in [-0.05, 0) is 31.7 Å². The van der Waals surface area contributed by atoms with Gasteiger partial charge in [-0.1, -0.05) is 29.8 Å². The lowest BCUT2D eigenvalue weighted by molar-refractivity contribution is 0.215. The summed E-state index contributed by atoms with van der Waals surface area (Å²) in [6, 6.07) is 8.66. The molecule has 1 aromatic carbocycles. The average molecular weight is 329 g/mol. The van der Waals surface area contributed by atoms with E-state index in [1.165, 1.54) is 5.56 Å². The Bertz CT molecular complexity index is 699. The number of piperazine rings is 1. The van der Waals surface area contributed by atoms with Crippen molar-refractivity contribution in [3.05, 3.63) is 52.7 Å². The van der Waals surface area contributed by atoms with Crippen molar-refractivity contribution in [2.45, 2.75) is 12.5 Å². The van der Waals surface area contributed by atoms with E-state index in [1.54, 1.807) is 0 Å². The highest BCUT2D eigenvalue weighted by molar-refractivity contribution is 6.31. The molecule has 1 saturated heterocycles. The fraction of sp³-hybridized carbons (Fsp3) is 0.389. The quantitative estimate of drug-likeness (QED) is 0.794. The molecule has 0 aromatic heterocycles. The van der Waals surface area contributed by atoms with Crippen LogP contribution in [0.4, 0.5) is 5.69 Å². The van der Waals surface area contributed by atoms with Gasteiger partial charge in [-0.15, -0.1) is 0 Å². The average Bonchev–Trinajstić information content (AvgIpc) is 2.72. The van der Waals surface area contributed by atoms with E-state index in [0.717, 1.165) is 54.9 Å². The lowest BCUT2D eigenvalue weighted by Gasteiger charge is -2.34. The molecule has 23 heavy (non-hydrogen) atoms. The first kappa shape index (κ1) is 14.8. The van der Waals surface area contributed by atoms with E-state index in [4.69, 9.17) is 16.6 Å². The number of para-hydroxylation sites is 1. The van der Waals surface area contributed by atoms with Crippen molar-refractivity contribution < 1.29 is 0 Å². The molecule has 120 valence electrons. The first-order valence-corrected chi connectivity index (χ1v) is 8.54. The van der Waals surface area contributed by atoms with Crippen LogP contribution in [-0.2, 0) is 0 Å². The van der Waals surface area contributed by atoms with Gasteiger partial charge in [0.1, 0.15) is 5.84 Å². The highest BCUT2D eigenvalue weighted by Gasteiger charge is 2.27. The van der Waals surface area contributed by atoms with Crippen molar-refractivity contribution in [1.82, 2.24) is 9.80 Å². The van der Waals surface area contributed by atoms with Gasteiger partial charge in [-0.25, -0.2) is 4.99 Å². The van der Waals surface area contributed by atoms with Crippen LogP contribution in [0.2, 0.25) is 0 Å². The number of hydrogen-bond donors (Lipinski definition) is 1. The number of nitrogens with zero attached hydrogens (tertiary/aromatic N) is 3. The molecule has 1 aromatic rings. The molecular weight excluding hydrogens is 308 g/mol. The van der Waals surface area contributed by atoms with Crippen molar-refractivity contribution >= 4 is 23.1 Å². The van der Waals surface area contributed by atoms with Gasteiger partial charge in [0.05, 0.1) is 11.7 Å². The SMILES string of the molecule is CN1CCN(C2=NC3=CC(Cl)=CCC3Nc3ccccc32)CC1. The number of halogens is 1. The first-order chi connectivity index (χ1) is 11.2. The van der Waals surface area contributed by atoms with E-state index in [2.05, 4.69) is 52.5 Å². The number of likely N-dealkylation sites (N-methyl/N-ethyl adjacent to an activating group) is 1. The number of benzene rings is 1. The molecule has 4 rings (SSSR count). The Morgan fingerprint density at radius 1 is 1.17 bits per heavy atom. The van der Waals surface area contributed by atoms with Gasteiger partial charge in [-0.3, -0.25) is 0 Å². The van der Waals surface area contributed by atoms with Crippen molar-refractivity contribution in [3.63, 3.8) is 0 Å². The summed E-state index contributed by atoms with van der Waals surface area (Å²) in [5.41, 5.74) is 3.37. The molecule has 3 aliphatic rings. The maximum absolute atomic E-state index is 6.22. The van der Waals surface area contributed by atoms with Crippen LogP contribution in [-0.4, -0.2) is 54.9 Å². The minimum absolute atomic E-state index is 0.198. The molecule has 0 spiro atoms. The molecule has 2 heterocycles. The number of fused-ring (bicyclic) bond motifs is 2. The Balaban J connectivity index is 1.77. The van der Waals surface area contributed by atoms with E-state index in [-0.39, 0.29) is 6.04 Å². The number of amidine groups is 1. The Kier molecular flexibility index (Phi) is 3.87. The summed E-state index contributed by atoms with van der Waals surface area (Å²) < 4.78 is 0. The second kappa shape index (κ2) is 6.02. The Hall–Kier alpha value is -1.78. The summed E-state index contributed by atoms with van der Waals surface area (Å²) in [4.78, 5) is 9.80. The first-order valence-electron chi connectivity index (χ1n) is 8.16. The normalized spacial score (nSPS) is 24.5. The zero-order valence-corrected chi connectivity index (χ0v) is 14.1. The topological polar surface area (TPSA) is 30.9 Å². The third-order valence-electron chi connectivity index (χ3n) is 4.73. The zero-order chi connectivity index (χ0) is 15.8. The molecule has 0 amide bonds. The predicted octanol–water partition coefficient (Wildman–Crippen LogP) is 2.89. The summed E-state index contributed by atoms with van der Waals surface area (Å²) in [5, 5.41) is 4.42. The molecule has 0 bridgehead atoms. The maximum Gasteiger partial charge on any atom is 0.138 e. The molecule has 0 saturated carbocycles. The Morgan fingerprint density at radius 2 is 1.96 bits per heavy atom. The van der Waals surface area contributed by atoms with Crippen LogP contribution in [0.25, 0.3) is 0 Å². The number of anilines is 1. The fourth-order valence-electron chi connectivity index (χ4n) is 3.33. The molecule has 0 radical (unpaired) electrons.